The van der Waals surface area contributed by atoms with E-state index in [4.69, 9.17) is 23.2 Å². The Hall–Kier alpha value is -1.52. The summed E-state index contributed by atoms with van der Waals surface area (Å²) in [5, 5.41) is 0.903. The largest absolute Gasteiger partial charge is 0.325 e. The molecule has 0 unspecified atom stereocenters. The number of H-pyrrole nitrogens is 2. The van der Waals surface area contributed by atoms with Crippen molar-refractivity contribution in [2.45, 2.75) is 13.3 Å². The number of aromatic nitrogens is 2. The molecular weight excluding hydrogens is 275 g/mol. The molecule has 2 N–H and O–H groups in total. The van der Waals surface area contributed by atoms with Crippen molar-refractivity contribution < 1.29 is 0 Å². The minimum absolute atomic E-state index is 0.384. The molecule has 0 spiro atoms. The Morgan fingerprint density at radius 3 is 2.44 bits per heavy atom. The van der Waals surface area contributed by atoms with Gasteiger partial charge in [0.25, 0.3) is 5.56 Å². The molecule has 0 saturated carbocycles. The van der Waals surface area contributed by atoms with Crippen molar-refractivity contribution >= 4 is 23.2 Å². The lowest BCUT2D eigenvalue weighted by Crippen LogP contribution is -2.27. The first-order chi connectivity index (χ1) is 8.47. The van der Waals surface area contributed by atoms with Gasteiger partial charge >= 0.3 is 5.69 Å². The first-order valence-electron chi connectivity index (χ1n) is 5.23. The van der Waals surface area contributed by atoms with Gasteiger partial charge in [-0.25, -0.2) is 4.79 Å². The van der Waals surface area contributed by atoms with Gasteiger partial charge < -0.3 is 4.98 Å². The summed E-state index contributed by atoms with van der Waals surface area (Å²) in [4.78, 5) is 27.5. The summed E-state index contributed by atoms with van der Waals surface area (Å²) < 4.78 is 0. The number of nitrogens with one attached hydrogen (secondary N) is 2. The van der Waals surface area contributed by atoms with Crippen LogP contribution in [0, 0.1) is 6.92 Å². The van der Waals surface area contributed by atoms with Crippen molar-refractivity contribution in [2.75, 3.05) is 0 Å². The van der Waals surface area contributed by atoms with Crippen LogP contribution < -0.4 is 11.2 Å². The molecule has 6 heteroatoms. The van der Waals surface area contributed by atoms with E-state index in [1.165, 1.54) is 0 Å². The fraction of sp³-hybridized carbons (Fsp3) is 0.167. The lowest BCUT2D eigenvalue weighted by atomic mass is 10.1. The maximum atomic E-state index is 11.7. The van der Waals surface area contributed by atoms with E-state index in [2.05, 4.69) is 9.97 Å². The van der Waals surface area contributed by atoms with Crippen molar-refractivity contribution in [1.82, 2.24) is 9.97 Å². The Bertz CT molecular complexity index is 704. The van der Waals surface area contributed by atoms with Gasteiger partial charge in [-0.1, -0.05) is 29.3 Å². The van der Waals surface area contributed by atoms with Gasteiger partial charge in [0.1, 0.15) is 0 Å². The van der Waals surface area contributed by atoms with Crippen molar-refractivity contribution in [3.05, 3.63) is 65.9 Å². The third-order valence-electron chi connectivity index (χ3n) is 2.62. The zero-order valence-electron chi connectivity index (χ0n) is 9.51. The molecule has 18 heavy (non-hydrogen) atoms. The van der Waals surface area contributed by atoms with E-state index in [-0.39, 0.29) is 5.56 Å². The van der Waals surface area contributed by atoms with E-state index in [0.29, 0.717) is 27.7 Å². The van der Waals surface area contributed by atoms with Gasteiger partial charge in [0.05, 0.1) is 10.0 Å². The van der Waals surface area contributed by atoms with E-state index in [9.17, 15) is 9.59 Å². The predicted molar refractivity (Wildman–Crippen MR) is 71.7 cm³/mol. The Morgan fingerprint density at radius 1 is 1.11 bits per heavy atom. The van der Waals surface area contributed by atoms with Gasteiger partial charge in [0, 0.05) is 17.7 Å². The minimum atomic E-state index is -0.504. The fourth-order valence-electron chi connectivity index (χ4n) is 1.69. The lowest BCUT2D eigenvalue weighted by molar-refractivity contribution is 0.934. The normalized spacial score (nSPS) is 10.6. The topological polar surface area (TPSA) is 65.7 Å². The molecule has 0 atom stereocenters. The molecule has 0 aliphatic carbocycles. The van der Waals surface area contributed by atoms with Gasteiger partial charge in [-0.2, -0.15) is 0 Å². The smallest absolute Gasteiger partial charge is 0.311 e. The highest BCUT2D eigenvalue weighted by atomic mass is 35.5. The summed E-state index contributed by atoms with van der Waals surface area (Å²) in [7, 11) is 0. The van der Waals surface area contributed by atoms with E-state index >= 15 is 0 Å². The van der Waals surface area contributed by atoms with Crippen LogP contribution in [0.4, 0.5) is 0 Å². The van der Waals surface area contributed by atoms with E-state index in [1.807, 2.05) is 0 Å². The molecule has 0 aliphatic heterocycles. The molecule has 94 valence electrons. The second-order valence-corrected chi connectivity index (χ2v) is 4.75. The van der Waals surface area contributed by atoms with Crippen LogP contribution in [0.1, 0.15) is 16.8 Å². The number of aromatic amines is 2. The van der Waals surface area contributed by atoms with Crippen molar-refractivity contribution in [1.29, 1.82) is 0 Å². The predicted octanol–water partition coefficient (Wildman–Crippen LogP) is 2.27. The highest BCUT2D eigenvalue weighted by Gasteiger charge is 2.08. The summed E-state index contributed by atoms with van der Waals surface area (Å²) in [5.74, 6) is 0. The second kappa shape index (κ2) is 5.00. The summed E-state index contributed by atoms with van der Waals surface area (Å²) >= 11 is 11.7. The van der Waals surface area contributed by atoms with Crippen LogP contribution in [-0.4, -0.2) is 9.97 Å². The molecule has 0 fully saturated rings. The summed E-state index contributed by atoms with van der Waals surface area (Å²) in [6.45, 7) is 1.68. The van der Waals surface area contributed by atoms with Gasteiger partial charge in [-0.05, 0) is 24.6 Å². The van der Waals surface area contributed by atoms with Crippen LogP contribution in [0.25, 0.3) is 0 Å². The van der Waals surface area contributed by atoms with Crippen LogP contribution in [-0.2, 0) is 6.42 Å². The highest BCUT2D eigenvalue weighted by molar-refractivity contribution is 6.42. The first kappa shape index (κ1) is 12.9. The number of rotatable bonds is 2. The minimum Gasteiger partial charge on any atom is -0.311 e. The molecule has 1 heterocycles. The zero-order valence-corrected chi connectivity index (χ0v) is 11.0. The third-order valence-corrected chi connectivity index (χ3v) is 3.36. The Balaban J connectivity index is 2.43. The number of hydrogen-bond donors (Lipinski definition) is 2. The average Bonchev–Trinajstić information content (AvgIpc) is 2.28. The standard InChI is InChI=1S/C12H10Cl2N2O2/c1-6-8(11(17)16-12(18)15-6)4-7-2-3-9(13)10(14)5-7/h2-3,5H,4H2,1H3,(H2,15,16,17,18). The first-order valence-corrected chi connectivity index (χ1v) is 5.99. The van der Waals surface area contributed by atoms with E-state index in [1.54, 1.807) is 25.1 Å². The van der Waals surface area contributed by atoms with Crippen LogP contribution in [0.3, 0.4) is 0 Å². The number of hydrogen-bond acceptors (Lipinski definition) is 2. The molecule has 4 nitrogen and oxygen atoms in total. The van der Waals surface area contributed by atoms with Crippen LogP contribution >= 0.6 is 23.2 Å². The number of halogens is 2. The maximum Gasteiger partial charge on any atom is 0.325 e. The molecule has 1 aromatic carbocycles. The molecule has 0 saturated heterocycles. The molecular formula is C12H10Cl2N2O2. The van der Waals surface area contributed by atoms with Crippen molar-refractivity contribution in [3.8, 4) is 0 Å². The third kappa shape index (κ3) is 2.66. The second-order valence-electron chi connectivity index (χ2n) is 3.94. The van der Waals surface area contributed by atoms with Crippen LogP contribution in [0.15, 0.2) is 27.8 Å². The van der Waals surface area contributed by atoms with Gasteiger partial charge in [-0.15, -0.1) is 0 Å². The Morgan fingerprint density at radius 2 is 1.83 bits per heavy atom. The number of aryl methyl sites for hydroxylation is 1. The van der Waals surface area contributed by atoms with Gasteiger partial charge in [-0.3, -0.25) is 9.78 Å². The Kier molecular flexibility index (Phi) is 3.59. The van der Waals surface area contributed by atoms with Crippen LogP contribution in [0.5, 0.6) is 0 Å². The van der Waals surface area contributed by atoms with Gasteiger partial charge in [0.15, 0.2) is 0 Å². The lowest BCUT2D eigenvalue weighted by Gasteiger charge is -2.05. The fourth-order valence-corrected chi connectivity index (χ4v) is 2.01. The monoisotopic (exact) mass is 284 g/mol. The number of benzene rings is 1. The summed E-state index contributed by atoms with van der Waals surface area (Å²) in [6.07, 6.45) is 0.384. The molecule has 0 radical (unpaired) electrons. The Labute approximate surface area is 113 Å². The molecule has 2 aromatic rings. The van der Waals surface area contributed by atoms with E-state index in [0.717, 1.165) is 5.56 Å². The van der Waals surface area contributed by atoms with E-state index < -0.39 is 5.69 Å². The van der Waals surface area contributed by atoms with Gasteiger partial charge in [0.2, 0.25) is 0 Å². The molecule has 0 amide bonds. The zero-order chi connectivity index (χ0) is 13.3. The summed E-state index contributed by atoms with van der Waals surface area (Å²) in [5.41, 5.74) is 1.02. The molecule has 2 rings (SSSR count). The van der Waals surface area contributed by atoms with Crippen molar-refractivity contribution in [2.24, 2.45) is 0 Å². The molecule has 0 bridgehead atoms. The highest BCUT2D eigenvalue weighted by Crippen LogP contribution is 2.23. The molecule has 1 aromatic heterocycles. The van der Waals surface area contributed by atoms with Crippen LogP contribution in [0.2, 0.25) is 10.0 Å². The van der Waals surface area contributed by atoms with Crippen molar-refractivity contribution in [3.63, 3.8) is 0 Å². The maximum absolute atomic E-state index is 11.7. The average molecular weight is 285 g/mol. The SMILES string of the molecule is Cc1[nH]c(=O)[nH]c(=O)c1Cc1ccc(Cl)c(Cl)c1. The molecule has 0 aliphatic rings. The quantitative estimate of drug-likeness (QED) is 0.889. The summed E-state index contributed by atoms with van der Waals surface area (Å²) in [6, 6.07) is 5.17.